The van der Waals surface area contributed by atoms with Gasteiger partial charge in [-0.15, -0.1) is 10.2 Å². The lowest BCUT2D eigenvalue weighted by atomic mass is 9.96. The van der Waals surface area contributed by atoms with Gasteiger partial charge in [0.1, 0.15) is 12.2 Å². The van der Waals surface area contributed by atoms with E-state index in [1.54, 1.807) is 13.3 Å². The minimum absolute atomic E-state index is 0.188. The Morgan fingerprint density at radius 3 is 3.04 bits per heavy atom. The molecule has 1 aliphatic heterocycles. The van der Waals surface area contributed by atoms with Gasteiger partial charge >= 0.3 is 0 Å². The molecule has 0 spiro atoms. The Morgan fingerprint density at radius 1 is 1.48 bits per heavy atom. The number of rotatable bonds is 5. The lowest BCUT2D eigenvalue weighted by Gasteiger charge is -2.32. The quantitative estimate of drug-likeness (QED) is 0.824. The van der Waals surface area contributed by atoms with Gasteiger partial charge in [0.2, 0.25) is 11.8 Å². The molecule has 1 aliphatic rings. The molecule has 0 N–H and O–H groups in total. The first-order valence-electron chi connectivity index (χ1n) is 8.04. The number of carbonyl (C=O) groups excluding carboxylic acids is 1. The van der Waals surface area contributed by atoms with Gasteiger partial charge in [0.15, 0.2) is 5.82 Å². The Labute approximate surface area is 134 Å². The van der Waals surface area contributed by atoms with Gasteiger partial charge in [-0.1, -0.05) is 5.16 Å². The molecule has 8 heteroatoms. The average Bonchev–Trinajstić information content (AvgIpc) is 3.16. The van der Waals surface area contributed by atoms with Crippen LogP contribution in [-0.4, -0.2) is 48.8 Å². The average molecular weight is 318 g/mol. The van der Waals surface area contributed by atoms with Gasteiger partial charge in [-0.05, 0) is 26.2 Å². The molecular weight excluding hydrogens is 296 g/mol. The van der Waals surface area contributed by atoms with Crippen molar-refractivity contribution in [2.24, 2.45) is 7.05 Å². The number of likely N-dealkylation sites (tertiary alicyclic amines) is 1. The fraction of sp³-hybridized carbons (Fsp3) is 0.667. The number of hydrogen-bond donors (Lipinski definition) is 0. The Hall–Kier alpha value is -2.25. The molecule has 3 rings (SSSR count). The second-order valence-corrected chi connectivity index (χ2v) is 6.07. The third kappa shape index (κ3) is 3.75. The van der Waals surface area contributed by atoms with E-state index in [4.69, 9.17) is 4.52 Å². The number of carbonyl (C=O) groups is 1. The molecule has 0 radical (unpaired) electrons. The highest BCUT2D eigenvalue weighted by Gasteiger charge is 2.27. The molecule has 0 bridgehead atoms. The summed E-state index contributed by atoms with van der Waals surface area (Å²) in [7, 11) is 1.95. The van der Waals surface area contributed by atoms with E-state index in [9.17, 15) is 4.79 Å². The summed E-state index contributed by atoms with van der Waals surface area (Å²) in [6, 6.07) is 0. The first-order chi connectivity index (χ1) is 11.1. The third-order valence-corrected chi connectivity index (χ3v) is 4.24. The van der Waals surface area contributed by atoms with Crippen LogP contribution in [0.1, 0.15) is 49.1 Å². The van der Waals surface area contributed by atoms with Crippen LogP contribution in [0.15, 0.2) is 10.9 Å². The standard InChI is InChI=1S/C15H22N6O2/c1-11-17-13(23-19-11)6-3-7-14(22)21-8-4-5-12(9-21)15-18-16-10-20(15)2/h10,12H,3-9H2,1-2H3/t12-/m0/s1. The van der Waals surface area contributed by atoms with Gasteiger partial charge in [0.25, 0.3) is 0 Å². The Morgan fingerprint density at radius 2 is 2.35 bits per heavy atom. The van der Waals surface area contributed by atoms with Crippen molar-refractivity contribution in [3.8, 4) is 0 Å². The highest BCUT2D eigenvalue weighted by Crippen LogP contribution is 2.25. The summed E-state index contributed by atoms with van der Waals surface area (Å²) >= 11 is 0. The summed E-state index contributed by atoms with van der Waals surface area (Å²) < 4.78 is 7.01. The van der Waals surface area contributed by atoms with Crippen molar-refractivity contribution in [3.05, 3.63) is 23.9 Å². The van der Waals surface area contributed by atoms with Crippen molar-refractivity contribution in [1.82, 2.24) is 29.8 Å². The van der Waals surface area contributed by atoms with Crippen molar-refractivity contribution >= 4 is 5.91 Å². The molecule has 3 heterocycles. The highest BCUT2D eigenvalue weighted by atomic mass is 16.5. The van der Waals surface area contributed by atoms with Crippen LogP contribution in [0.25, 0.3) is 0 Å². The van der Waals surface area contributed by atoms with Gasteiger partial charge in [0, 0.05) is 38.9 Å². The van der Waals surface area contributed by atoms with Crippen molar-refractivity contribution in [3.63, 3.8) is 0 Å². The van der Waals surface area contributed by atoms with Crippen molar-refractivity contribution in [2.75, 3.05) is 13.1 Å². The summed E-state index contributed by atoms with van der Waals surface area (Å²) in [6.45, 7) is 3.34. The molecule has 2 aromatic rings. The van der Waals surface area contributed by atoms with E-state index in [0.717, 1.165) is 38.2 Å². The maximum Gasteiger partial charge on any atom is 0.226 e. The summed E-state index contributed by atoms with van der Waals surface area (Å²) in [5, 5.41) is 11.9. The summed E-state index contributed by atoms with van der Waals surface area (Å²) in [6.07, 6.45) is 5.65. The second-order valence-electron chi connectivity index (χ2n) is 6.07. The van der Waals surface area contributed by atoms with E-state index in [2.05, 4.69) is 20.3 Å². The summed E-state index contributed by atoms with van der Waals surface area (Å²) in [4.78, 5) is 18.5. The lowest BCUT2D eigenvalue weighted by Crippen LogP contribution is -2.39. The van der Waals surface area contributed by atoms with Gasteiger partial charge in [0.05, 0.1) is 0 Å². The number of aryl methyl sites for hydroxylation is 3. The second kappa shape index (κ2) is 6.89. The van der Waals surface area contributed by atoms with Crippen molar-refractivity contribution < 1.29 is 9.32 Å². The molecule has 0 unspecified atom stereocenters. The molecule has 1 amide bonds. The van der Waals surface area contributed by atoms with Crippen LogP contribution >= 0.6 is 0 Å². The number of aromatic nitrogens is 5. The van der Waals surface area contributed by atoms with Crippen LogP contribution < -0.4 is 0 Å². The molecule has 1 saturated heterocycles. The molecule has 124 valence electrons. The van der Waals surface area contributed by atoms with Crippen LogP contribution in [0.5, 0.6) is 0 Å². The molecule has 8 nitrogen and oxygen atoms in total. The largest absolute Gasteiger partial charge is 0.342 e. The van der Waals surface area contributed by atoms with Gasteiger partial charge in [-0.25, -0.2) is 0 Å². The van der Waals surface area contributed by atoms with Crippen LogP contribution in [0.4, 0.5) is 0 Å². The van der Waals surface area contributed by atoms with Crippen LogP contribution in [0.3, 0.4) is 0 Å². The van der Waals surface area contributed by atoms with E-state index in [0.29, 0.717) is 24.6 Å². The number of amides is 1. The first kappa shape index (κ1) is 15.6. The first-order valence-corrected chi connectivity index (χ1v) is 8.04. The minimum atomic E-state index is 0.188. The van der Waals surface area contributed by atoms with E-state index in [1.807, 2.05) is 16.5 Å². The maximum atomic E-state index is 12.4. The van der Waals surface area contributed by atoms with Gasteiger partial charge in [-0.3, -0.25) is 4.79 Å². The van der Waals surface area contributed by atoms with E-state index >= 15 is 0 Å². The predicted octanol–water partition coefficient (Wildman–Crippen LogP) is 1.24. The van der Waals surface area contributed by atoms with Crippen molar-refractivity contribution in [1.29, 1.82) is 0 Å². The molecule has 0 aromatic carbocycles. The fourth-order valence-corrected chi connectivity index (χ4v) is 3.07. The van der Waals surface area contributed by atoms with Gasteiger partial charge < -0.3 is 14.0 Å². The third-order valence-electron chi connectivity index (χ3n) is 4.24. The topological polar surface area (TPSA) is 89.9 Å². The molecule has 0 saturated carbocycles. The van der Waals surface area contributed by atoms with E-state index < -0.39 is 0 Å². The summed E-state index contributed by atoms with van der Waals surface area (Å²) in [5.74, 6) is 2.66. The number of piperidine rings is 1. The predicted molar refractivity (Wildman–Crippen MR) is 81.5 cm³/mol. The molecular formula is C15H22N6O2. The SMILES string of the molecule is Cc1noc(CCCC(=O)N2CCC[C@H](c3nncn3C)C2)n1. The minimum Gasteiger partial charge on any atom is -0.342 e. The zero-order valence-electron chi connectivity index (χ0n) is 13.6. The molecule has 0 aliphatic carbocycles. The number of nitrogens with zero attached hydrogens (tertiary/aromatic N) is 6. The van der Waals surface area contributed by atoms with Crippen LogP contribution in [0, 0.1) is 6.92 Å². The molecule has 1 fully saturated rings. The Kier molecular flexibility index (Phi) is 4.68. The fourth-order valence-electron chi connectivity index (χ4n) is 3.07. The molecule has 2 aromatic heterocycles. The summed E-state index contributed by atoms with van der Waals surface area (Å²) in [5.41, 5.74) is 0. The van der Waals surface area contributed by atoms with Crippen LogP contribution in [0.2, 0.25) is 0 Å². The smallest absolute Gasteiger partial charge is 0.226 e. The lowest BCUT2D eigenvalue weighted by molar-refractivity contribution is -0.132. The monoisotopic (exact) mass is 318 g/mol. The zero-order valence-corrected chi connectivity index (χ0v) is 13.6. The zero-order chi connectivity index (χ0) is 16.2. The Balaban J connectivity index is 1.50. The molecule has 1 atom stereocenters. The van der Waals surface area contributed by atoms with E-state index in [1.165, 1.54) is 0 Å². The maximum absolute atomic E-state index is 12.4. The number of hydrogen-bond acceptors (Lipinski definition) is 6. The van der Waals surface area contributed by atoms with Crippen LogP contribution in [-0.2, 0) is 18.3 Å². The molecule has 23 heavy (non-hydrogen) atoms. The van der Waals surface area contributed by atoms with Gasteiger partial charge in [-0.2, -0.15) is 4.98 Å². The van der Waals surface area contributed by atoms with Crippen molar-refractivity contribution in [2.45, 2.75) is 44.9 Å². The Bertz CT molecular complexity index is 664. The van der Waals surface area contributed by atoms with E-state index in [-0.39, 0.29) is 11.8 Å². The normalized spacial score (nSPS) is 18.3. The highest BCUT2D eigenvalue weighted by molar-refractivity contribution is 5.76.